The van der Waals surface area contributed by atoms with Gasteiger partial charge in [-0.1, -0.05) is 18.2 Å². The first-order valence-electron chi connectivity index (χ1n) is 12.6. The van der Waals surface area contributed by atoms with Gasteiger partial charge in [-0.15, -0.1) is 0 Å². The number of para-hydroxylation sites is 1. The summed E-state index contributed by atoms with van der Waals surface area (Å²) in [6, 6.07) is 13.1. The molecular formula is C28H27N3O7S. The lowest BCUT2D eigenvalue weighted by Crippen LogP contribution is -2.40. The molecule has 39 heavy (non-hydrogen) atoms. The van der Waals surface area contributed by atoms with Gasteiger partial charge in [0.25, 0.3) is 11.6 Å². The van der Waals surface area contributed by atoms with Crippen molar-refractivity contribution in [2.24, 2.45) is 0 Å². The van der Waals surface area contributed by atoms with E-state index in [0.717, 1.165) is 29.5 Å². The number of rotatable bonds is 6. The molecule has 1 saturated heterocycles. The van der Waals surface area contributed by atoms with Crippen LogP contribution in [0.25, 0.3) is 22.6 Å². The Morgan fingerprint density at radius 3 is 2.59 bits per heavy atom. The number of pyridine rings is 1. The van der Waals surface area contributed by atoms with Gasteiger partial charge in [0.15, 0.2) is 16.4 Å². The van der Waals surface area contributed by atoms with Gasteiger partial charge in [0, 0.05) is 30.6 Å². The maximum atomic E-state index is 13.4. The number of ether oxygens (including phenoxy) is 1. The molecular weight excluding hydrogens is 522 g/mol. The van der Waals surface area contributed by atoms with Gasteiger partial charge in [-0.05, 0) is 66.7 Å². The second-order valence-electron chi connectivity index (χ2n) is 9.84. The highest BCUT2D eigenvalue weighted by molar-refractivity contribution is 7.91. The Balaban J connectivity index is 1.44. The summed E-state index contributed by atoms with van der Waals surface area (Å²) in [5.41, 5.74) is 4.08. The molecule has 0 bridgehead atoms. The average molecular weight is 550 g/mol. The van der Waals surface area contributed by atoms with Crippen LogP contribution in [0, 0.1) is 10.1 Å². The van der Waals surface area contributed by atoms with Crippen LogP contribution < -0.4 is 0 Å². The summed E-state index contributed by atoms with van der Waals surface area (Å²) >= 11 is 0. The van der Waals surface area contributed by atoms with Crippen molar-refractivity contribution in [3.05, 3.63) is 81.0 Å². The van der Waals surface area contributed by atoms with Gasteiger partial charge in [0.1, 0.15) is 0 Å². The van der Waals surface area contributed by atoms with Gasteiger partial charge in [-0.3, -0.25) is 14.9 Å². The Hall–Kier alpha value is -4.12. The molecule has 0 N–H and O–H groups in total. The molecule has 1 fully saturated rings. The Bertz CT molecular complexity index is 1610. The molecule has 10 nitrogen and oxygen atoms in total. The van der Waals surface area contributed by atoms with Gasteiger partial charge >= 0.3 is 5.97 Å². The minimum Gasteiger partial charge on any atom is -0.452 e. The van der Waals surface area contributed by atoms with Gasteiger partial charge in [0.2, 0.25) is 0 Å². The molecule has 2 heterocycles. The SMILES string of the molecule is CN(C(=O)COC(=O)c1c2c(nc3ccccc13)/C(=C\c1ccc([N+](=O)[O-])cc1)CCC2)[C@@H]1CCS(=O)(=O)C1. The summed E-state index contributed by atoms with van der Waals surface area (Å²) in [7, 11) is -1.63. The number of carbonyl (C=O) groups excluding carboxylic acids is 2. The predicted octanol–water partition coefficient (Wildman–Crippen LogP) is 3.82. The monoisotopic (exact) mass is 549 g/mol. The third-order valence-corrected chi connectivity index (χ3v) is 9.05. The number of fused-ring (bicyclic) bond motifs is 2. The maximum absolute atomic E-state index is 13.4. The van der Waals surface area contributed by atoms with Gasteiger partial charge in [-0.25, -0.2) is 18.2 Å². The van der Waals surface area contributed by atoms with Crippen LogP contribution >= 0.6 is 0 Å². The smallest absolute Gasteiger partial charge is 0.339 e. The fourth-order valence-corrected chi connectivity index (χ4v) is 6.96. The van der Waals surface area contributed by atoms with E-state index < -0.39 is 39.3 Å². The Kier molecular flexibility index (Phi) is 7.17. The molecule has 202 valence electrons. The number of nitro benzene ring substituents is 1. The molecule has 1 aliphatic carbocycles. The first-order valence-corrected chi connectivity index (χ1v) is 14.5. The van der Waals surface area contributed by atoms with Gasteiger partial charge in [-0.2, -0.15) is 0 Å². The molecule has 2 aromatic carbocycles. The zero-order valence-electron chi connectivity index (χ0n) is 21.3. The number of likely N-dealkylation sites (N-methyl/N-ethyl adjacent to an activating group) is 1. The number of benzene rings is 2. The lowest BCUT2D eigenvalue weighted by Gasteiger charge is -2.24. The number of hydrogen-bond acceptors (Lipinski definition) is 8. The molecule has 0 spiro atoms. The van der Waals surface area contributed by atoms with Crippen molar-refractivity contribution in [1.82, 2.24) is 9.88 Å². The van der Waals surface area contributed by atoms with E-state index in [9.17, 15) is 28.1 Å². The summed E-state index contributed by atoms with van der Waals surface area (Å²) in [6.45, 7) is -0.497. The first kappa shape index (κ1) is 26.5. The van der Waals surface area contributed by atoms with Crippen molar-refractivity contribution >= 4 is 50.0 Å². The van der Waals surface area contributed by atoms with Crippen LogP contribution in [-0.2, 0) is 25.8 Å². The molecule has 0 saturated carbocycles. The highest BCUT2D eigenvalue weighted by Gasteiger charge is 2.33. The fourth-order valence-electron chi connectivity index (χ4n) is 5.19. The maximum Gasteiger partial charge on any atom is 0.339 e. The third kappa shape index (κ3) is 5.53. The van der Waals surface area contributed by atoms with Crippen LogP contribution in [0.1, 0.15) is 46.4 Å². The molecule has 3 aromatic rings. The molecule has 1 amide bonds. The number of non-ortho nitro benzene ring substituents is 1. The normalized spacial score (nSPS) is 19.0. The van der Waals surface area contributed by atoms with E-state index in [-0.39, 0.29) is 17.2 Å². The Morgan fingerprint density at radius 2 is 1.90 bits per heavy atom. The molecule has 5 rings (SSSR count). The zero-order chi connectivity index (χ0) is 27.7. The van der Waals surface area contributed by atoms with Crippen LogP contribution in [0.5, 0.6) is 0 Å². The fraction of sp³-hybridized carbons (Fsp3) is 0.321. The quantitative estimate of drug-likeness (QED) is 0.257. The summed E-state index contributed by atoms with van der Waals surface area (Å²) in [4.78, 5) is 43.0. The van der Waals surface area contributed by atoms with Crippen molar-refractivity contribution in [3.63, 3.8) is 0 Å². The van der Waals surface area contributed by atoms with Crippen molar-refractivity contribution in [2.75, 3.05) is 25.2 Å². The molecule has 1 aromatic heterocycles. The van der Waals surface area contributed by atoms with Crippen LogP contribution in [0.15, 0.2) is 48.5 Å². The highest BCUT2D eigenvalue weighted by Crippen LogP contribution is 2.36. The lowest BCUT2D eigenvalue weighted by atomic mass is 9.86. The summed E-state index contributed by atoms with van der Waals surface area (Å²) in [5.74, 6) is -1.14. The topological polar surface area (TPSA) is 137 Å². The van der Waals surface area contributed by atoms with E-state index in [0.29, 0.717) is 35.0 Å². The second kappa shape index (κ2) is 10.6. The van der Waals surface area contributed by atoms with Crippen LogP contribution in [0.4, 0.5) is 5.69 Å². The second-order valence-corrected chi connectivity index (χ2v) is 12.1. The van der Waals surface area contributed by atoms with Crippen LogP contribution in [0.2, 0.25) is 0 Å². The minimum absolute atomic E-state index is 0.00472. The largest absolute Gasteiger partial charge is 0.452 e. The van der Waals surface area contributed by atoms with E-state index in [1.165, 1.54) is 24.1 Å². The molecule has 0 unspecified atom stereocenters. The molecule has 2 aliphatic rings. The average Bonchev–Trinajstić information content (AvgIpc) is 3.29. The zero-order valence-corrected chi connectivity index (χ0v) is 22.1. The minimum atomic E-state index is -3.16. The van der Waals surface area contributed by atoms with Crippen molar-refractivity contribution in [1.29, 1.82) is 0 Å². The Labute approximate surface area is 225 Å². The van der Waals surface area contributed by atoms with Crippen LogP contribution in [-0.4, -0.2) is 66.3 Å². The number of sulfone groups is 1. The van der Waals surface area contributed by atoms with Gasteiger partial charge in [0.05, 0.1) is 33.2 Å². The number of allylic oxidation sites excluding steroid dienone is 1. The van der Waals surface area contributed by atoms with E-state index in [2.05, 4.69) is 0 Å². The Morgan fingerprint density at radius 1 is 1.15 bits per heavy atom. The third-order valence-electron chi connectivity index (χ3n) is 7.30. The number of amides is 1. The summed E-state index contributed by atoms with van der Waals surface area (Å²) < 4.78 is 29.1. The van der Waals surface area contributed by atoms with E-state index in [1.54, 1.807) is 18.2 Å². The molecule has 1 atom stereocenters. The van der Waals surface area contributed by atoms with E-state index >= 15 is 0 Å². The van der Waals surface area contributed by atoms with Crippen molar-refractivity contribution in [2.45, 2.75) is 31.7 Å². The number of hydrogen-bond donors (Lipinski definition) is 0. The number of aromatic nitrogens is 1. The summed E-state index contributed by atoms with van der Waals surface area (Å²) in [5, 5.41) is 11.6. The van der Waals surface area contributed by atoms with Gasteiger partial charge < -0.3 is 9.64 Å². The number of nitro groups is 1. The van der Waals surface area contributed by atoms with E-state index in [4.69, 9.17) is 9.72 Å². The molecule has 0 radical (unpaired) electrons. The van der Waals surface area contributed by atoms with Crippen molar-refractivity contribution < 1.29 is 27.7 Å². The number of carbonyl (C=O) groups is 2. The molecule has 1 aliphatic heterocycles. The summed E-state index contributed by atoms with van der Waals surface area (Å²) in [6.07, 6.45) is 4.38. The van der Waals surface area contributed by atoms with Crippen molar-refractivity contribution in [3.8, 4) is 0 Å². The lowest BCUT2D eigenvalue weighted by molar-refractivity contribution is -0.384. The van der Waals surface area contributed by atoms with Crippen LogP contribution in [0.3, 0.4) is 0 Å². The van der Waals surface area contributed by atoms with E-state index in [1.807, 2.05) is 24.3 Å². The number of esters is 1. The number of nitrogens with zero attached hydrogens (tertiary/aromatic N) is 3. The predicted molar refractivity (Wildman–Crippen MR) is 146 cm³/mol. The standard InChI is InChI=1S/C28H27N3O7S/c1-30(21-13-14-39(36,37)17-21)25(32)16-38-28(33)26-22-6-2-3-8-24(22)29-27-19(5-4-7-23(26)27)15-18-9-11-20(12-10-18)31(34)35/h2-3,6,8-12,15,21H,4-5,7,13-14,16-17H2,1H3/b19-15-/t21-/m1/s1. The molecule has 11 heteroatoms. The first-order chi connectivity index (χ1) is 18.6. The highest BCUT2D eigenvalue weighted by atomic mass is 32.2.